The topological polar surface area (TPSA) is 75.9 Å². The minimum atomic E-state index is -0.144. The van der Waals surface area contributed by atoms with Gasteiger partial charge in [-0.15, -0.1) is 5.10 Å². The Morgan fingerprint density at radius 1 is 1.04 bits per heavy atom. The number of carbonyl (C=O) groups is 1. The minimum absolute atomic E-state index is 0.144. The van der Waals surface area contributed by atoms with Crippen molar-refractivity contribution in [1.82, 2.24) is 20.2 Å². The van der Waals surface area contributed by atoms with E-state index in [1.165, 1.54) is 12.7 Å². The van der Waals surface area contributed by atoms with Crippen molar-refractivity contribution in [1.29, 1.82) is 0 Å². The van der Waals surface area contributed by atoms with Gasteiger partial charge in [0.15, 0.2) is 0 Å². The number of benzene rings is 2. The van der Waals surface area contributed by atoms with Crippen LogP contribution in [0, 0.1) is 0 Å². The van der Waals surface area contributed by atoms with Crippen LogP contribution in [0.25, 0.3) is 5.69 Å². The fourth-order valence-electron chi connectivity index (χ4n) is 3.25. The second-order valence-electron chi connectivity index (χ2n) is 6.46. The maximum Gasteiger partial charge on any atom is 0.255 e. The van der Waals surface area contributed by atoms with E-state index in [0.717, 1.165) is 47.5 Å². The zero-order valence-electron chi connectivity index (χ0n) is 14.7. The van der Waals surface area contributed by atoms with Crippen molar-refractivity contribution in [2.45, 2.75) is 19.3 Å². The molecule has 3 aromatic rings. The molecule has 0 atom stereocenters. The van der Waals surface area contributed by atoms with E-state index in [2.05, 4.69) is 41.7 Å². The van der Waals surface area contributed by atoms with Crippen LogP contribution < -0.4 is 10.2 Å². The first-order valence-corrected chi connectivity index (χ1v) is 9.69. The van der Waals surface area contributed by atoms with Gasteiger partial charge < -0.3 is 10.2 Å². The molecule has 0 saturated carbocycles. The average Bonchev–Trinajstić information content (AvgIpc) is 3.24. The Balaban J connectivity index is 1.67. The first-order valence-electron chi connectivity index (χ1n) is 8.90. The molecule has 7 nitrogen and oxygen atoms in total. The molecule has 1 N–H and O–H groups in total. The molecule has 2 aromatic carbocycles. The predicted octanol–water partition coefficient (Wildman–Crippen LogP) is 3.67. The first-order chi connectivity index (χ1) is 13.2. The Bertz CT molecular complexity index is 920. The Morgan fingerprint density at radius 2 is 1.81 bits per heavy atom. The molecule has 0 radical (unpaired) electrons. The number of tetrazole rings is 1. The molecule has 27 heavy (non-hydrogen) atoms. The smallest absolute Gasteiger partial charge is 0.255 e. The highest BCUT2D eigenvalue weighted by atomic mass is 79.9. The average molecular weight is 427 g/mol. The fraction of sp³-hybridized carbons (Fsp3) is 0.263. The van der Waals surface area contributed by atoms with E-state index >= 15 is 0 Å². The fourth-order valence-corrected chi connectivity index (χ4v) is 3.52. The van der Waals surface area contributed by atoms with E-state index in [1.54, 1.807) is 16.8 Å². The van der Waals surface area contributed by atoms with Crippen molar-refractivity contribution in [3.8, 4) is 5.69 Å². The SMILES string of the molecule is O=C(Nc1cc(-n2cnnn2)ccc1N1CCCCC1)c1ccc(Br)cc1. The number of hydrogen-bond donors (Lipinski definition) is 1. The van der Waals surface area contributed by atoms with Crippen LogP contribution in [0.15, 0.2) is 53.3 Å². The van der Waals surface area contributed by atoms with Gasteiger partial charge in [-0.2, -0.15) is 0 Å². The van der Waals surface area contributed by atoms with Gasteiger partial charge in [0.05, 0.1) is 17.1 Å². The van der Waals surface area contributed by atoms with Gasteiger partial charge in [0, 0.05) is 23.1 Å². The van der Waals surface area contributed by atoms with E-state index in [4.69, 9.17) is 0 Å². The third-order valence-electron chi connectivity index (χ3n) is 4.65. The summed E-state index contributed by atoms with van der Waals surface area (Å²) in [5, 5.41) is 14.4. The van der Waals surface area contributed by atoms with Gasteiger partial charge in [-0.1, -0.05) is 15.9 Å². The van der Waals surface area contributed by atoms with E-state index in [9.17, 15) is 4.79 Å². The van der Waals surface area contributed by atoms with Crippen LogP contribution in [-0.2, 0) is 0 Å². The number of nitrogens with zero attached hydrogens (tertiary/aromatic N) is 5. The monoisotopic (exact) mass is 426 g/mol. The molecule has 138 valence electrons. The summed E-state index contributed by atoms with van der Waals surface area (Å²) in [6.45, 7) is 1.98. The van der Waals surface area contributed by atoms with Crippen LogP contribution in [-0.4, -0.2) is 39.2 Å². The molecule has 1 aliphatic heterocycles. The number of piperidine rings is 1. The lowest BCUT2D eigenvalue weighted by Crippen LogP contribution is -2.30. The van der Waals surface area contributed by atoms with Crippen molar-refractivity contribution in [2.24, 2.45) is 0 Å². The predicted molar refractivity (Wildman–Crippen MR) is 107 cm³/mol. The van der Waals surface area contributed by atoms with Gasteiger partial charge in [-0.05, 0) is 72.2 Å². The van der Waals surface area contributed by atoms with E-state index in [0.29, 0.717) is 5.56 Å². The molecule has 1 aliphatic rings. The van der Waals surface area contributed by atoms with Crippen molar-refractivity contribution in [3.05, 3.63) is 58.8 Å². The Labute approximate surface area is 165 Å². The molecule has 2 heterocycles. The molecule has 1 saturated heterocycles. The van der Waals surface area contributed by atoms with Crippen LogP contribution >= 0.6 is 15.9 Å². The molecule has 0 aliphatic carbocycles. The Hall–Kier alpha value is -2.74. The Kier molecular flexibility index (Phi) is 5.15. The summed E-state index contributed by atoms with van der Waals surface area (Å²) in [4.78, 5) is 15.1. The molecule has 1 aromatic heterocycles. The van der Waals surface area contributed by atoms with Gasteiger partial charge >= 0.3 is 0 Å². The summed E-state index contributed by atoms with van der Waals surface area (Å²) in [6.07, 6.45) is 5.11. The largest absolute Gasteiger partial charge is 0.370 e. The number of nitrogens with one attached hydrogen (secondary N) is 1. The lowest BCUT2D eigenvalue weighted by molar-refractivity contribution is 0.102. The second kappa shape index (κ2) is 7.87. The van der Waals surface area contributed by atoms with Gasteiger partial charge in [-0.3, -0.25) is 4.79 Å². The zero-order valence-corrected chi connectivity index (χ0v) is 16.3. The molecular weight excluding hydrogens is 408 g/mol. The number of aromatic nitrogens is 4. The van der Waals surface area contributed by atoms with E-state index in [-0.39, 0.29) is 5.91 Å². The molecule has 0 spiro atoms. The van der Waals surface area contributed by atoms with Gasteiger partial charge in [-0.25, -0.2) is 4.68 Å². The number of rotatable bonds is 4. The number of amides is 1. The summed E-state index contributed by atoms with van der Waals surface area (Å²) in [5.41, 5.74) is 3.19. The summed E-state index contributed by atoms with van der Waals surface area (Å²) >= 11 is 3.40. The normalized spacial score (nSPS) is 14.2. The summed E-state index contributed by atoms with van der Waals surface area (Å²) in [5.74, 6) is -0.144. The highest BCUT2D eigenvalue weighted by Crippen LogP contribution is 2.31. The van der Waals surface area contributed by atoms with Crippen molar-refractivity contribution < 1.29 is 4.79 Å². The number of carbonyl (C=O) groups excluding carboxylic acids is 1. The van der Waals surface area contributed by atoms with Crippen LogP contribution in [0.5, 0.6) is 0 Å². The minimum Gasteiger partial charge on any atom is -0.370 e. The zero-order chi connectivity index (χ0) is 18.6. The Morgan fingerprint density at radius 3 is 2.52 bits per heavy atom. The van der Waals surface area contributed by atoms with E-state index < -0.39 is 0 Å². The number of hydrogen-bond acceptors (Lipinski definition) is 5. The lowest BCUT2D eigenvalue weighted by atomic mass is 10.1. The standard InChI is InChI=1S/C19H19BrN6O/c20-15-6-4-14(5-7-15)19(27)22-17-12-16(26-13-21-23-24-26)8-9-18(17)25-10-2-1-3-11-25/h4-9,12-13H,1-3,10-11H2,(H,22,27). The molecule has 0 bridgehead atoms. The summed E-state index contributed by atoms with van der Waals surface area (Å²) in [7, 11) is 0. The number of halogens is 1. The van der Waals surface area contributed by atoms with Gasteiger partial charge in [0.25, 0.3) is 5.91 Å². The van der Waals surface area contributed by atoms with Crippen LogP contribution in [0.2, 0.25) is 0 Å². The molecule has 4 rings (SSSR count). The molecule has 8 heteroatoms. The molecule has 1 amide bonds. The van der Waals surface area contributed by atoms with Gasteiger partial charge in [0.1, 0.15) is 6.33 Å². The first kappa shape index (κ1) is 17.7. The van der Waals surface area contributed by atoms with Crippen molar-refractivity contribution >= 4 is 33.2 Å². The lowest BCUT2D eigenvalue weighted by Gasteiger charge is -2.30. The molecule has 1 fully saturated rings. The van der Waals surface area contributed by atoms with Crippen LogP contribution in [0.1, 0.15) is 29.6 Å². The third-order valence-corrected chi connectivity index (χ3v) is 5.17. The summed E-state index contributed by atoms with van der Waals surface area (Å²) < 4.78 is 2.52. The quantitative estimate of drug-likeness (QED) is 0.688. The van der Waals surface area contributed by atoms with Crippen molar-refractivity contribution in [2.75, 3.05) is 23.3 Å². The van der Waals surface area contributed by atoms with Crippen molar-refractivity contribution in [3.63, 3.8) is 0 Å². The van der Waals surface area contributed by atoms with Crippen LogP contribution in [0.3, 0.4) is 0 Å². The highest BCUT2D eigenvalue weighted by Gasteiger charge is 2.17. The maximum atomic E-state index is 12.8. The third kappa shape index (κ3) is 4.00. The summed E-state index contributed by atoms with van der Waals surface area (Å²) in [6, 6.07) is 13.2. The highest BCUT2D eigenvalue weighted by molar-refractivity contribution is 9.10. The van der Waals surface area contributed by atoms with Crippen LogP contribution in [0.4, 0.5) is 11.4 Å². The molecule has 0 unspecified atom stereocenters. The maximum absolute atomic E-state index is 12.8. The number of anilines is 2. The van der Waals surface area contributed by atoms with E-state index in [1.807, 2.05) is 30.3 Å². The molecular formula is C19H19BrN6O. The second-order valence-corrected chi connectivity index (χ2v) is 7.38. The van der Waals surface area contributed by atoms with Gasteiger partial charge in [0.2, 0.25) is 0 Å².